The Hall–Kier alpha value is 1.77. The molecule has 0 aromatic rings. The molecule has 0 unspecified atom stereocenters. The monoisotopic (exact) mass is 131 g/mol. The smallest absolute Gasteiger partial charge is 1.00 e. The van der Waals surface area contributed by atoms with Crippen molar-refractivity contribution in [1.82, 2.24) is 0 Å². The molecule has 0 bridgehead atoms. The zero-order valence-electron chi connectivity index (χ0n) is 3.20. The fourth-order valence-corrected chi connectivity index (χ4v) is 0. The molecule has 0 aromatic carbocycles. The number of halogens is 1. The van der Waals surface area contributed by atoms with Gasteiger partial charge in [-0.1, -0.05) is 0 Å². The summed E-state index contributed by atoms with van der Waals surface area (Å²) < 4.78 is 6.47. The molecule has 0 heterocycles. The van der Waals surface area contributed by atoms with Crippen LogP contribution in [0.25, 0.3) is 0 Å². The largest absolute Gasteiger partial charge is 1.00 e. The van der Waals surface area contributed by atoms with Crippen molar-refractivity contribution >= 4 is 11.9 Å². The molecule has 0 aliphatic heterocycles. The van der Waals surface area contributed by atoms with E-state index in [2.05, 4.69) is 11.9 Å². The standard InChI is InChI=1S/ClHO.Mn.Na.H/c1-2;;;/h2H;;;/q;;+1;-1. The van der Waals surface area contributed by atoms with Gasteiger partial charge in [-0.05, 0) is 0 Å². The van der Waals surface area contributed by atoms with Gasteiger partial charge in [-0.3, -0.25) is 4.66 Å². The average Bonchev–Trinajstić information content (AvgIpc) is 1.00. The fraction of sp³-hybridized carbons (Fsp3) is 0. The molecular weight excluding hydrogens is 129 g/mol. The van der Waals surface area contributed by atoms with Gasteiger partial charge in [-0.2, -0.15) is 0 Å². The summed E-state index contributed by atoms with van der Waals surface area (Å²) in [5, 5.41) is 0. The van der Waals surface area contributed by atoms with Gasteiger partial charge in [0.25, 0.3) is 0 Å². The topological polar surface area (TPSA) is 20.2 Å². The van der Waals surface area contributed by atoms with Crippen molar-refractivity contribution in [2.45, 2.75) is 0 Å². The van der Waals surface area contributed by atoms with Gasteiger partial charge in [0.1, 0.15) is 0 Å². The van der Waals surface area contributed by atoms with Crippen LogP contribution in [-0.2, 0) is 17.1 Å². The Morgan fingerprint density at radius 1 is 1.50 bits per heavy atom. The van der Waals surface area contributed by atoms with Crippen molar-refractivity contribution in [3.8, 4) is 0 Å². The number of hydrogen-bond acceptors (Lipinski definition) is 1. The first-order valence-electron chi connectivity index (χ1n) is 0.169. The van der Waals surface area contributed by atoms with Crippen LogP contribution in [0.2, 0.25) is 0 Å². The Morgan fingerprint density at radius 2 is 1.50 bits per heavy atom. The average molecular weight is 131 g/mol. The summed E-state index contributed by atoms with van der Waals surface area (Å²) in [6.45, 7) is 0. The summed E-state index contributed by atoms with van der Waals surface area (Å²) in [5.74, 6) is 0. The van der Waals surface area contributed by atoms with E-state index in [0.29, 0.717) is 0 Å². The van der Waals surface area contributed by atoms with Gasteiger partial charge < -0.3 is 1.43 Å². The summed E-state index contributed by atoms with van der Waals surface area (Å²) in [4.78, 5) is 0. The second-order valence-corrected chi connectivity index (χ2v) is 0. The van der Waals surface area contributed by atoms with Gasteiger partial charge in [0.05, 0.1) is 11.9 Å². The minimum absolute atomic E-state index is 0. The molecule has 4 heavy (non-hydrogen) atoms. The fourth-order valence-electron chi connectivity index (χ4n) is 0. The van der Waals surface area contributed by atoms with Crippen LogP contribution in [-0.4, -0.2) is 4.66 Å². The van der Waals surface area contributed by atoms with E-state index >= 15 is 0 Å². The minimum atomic E-state index is 0. The maximum atomic E-state index is 6.47. The van der Waals surface area contributed by atoms with Crippen LogP contribution in [0.15, 0.2) is 0 Å². The normalized spacial score (nSPS) is 1.50. The second-order valence-electron chi connectivity index (χ2n) is 0. The van der Waals surface area contributed by atoms with Crippen LogP contribution in [0, 0.1) is 0 Å². The summed E-state index contributed by atoms with van der Waals surface area (Å²) in [6.07, 6.45) is 0. The van der Waals surface area contributed by atoms with E-state index in [1.54, 1.807) is 0 Å². The summed E-state index contributed by atoms with van der Waals surface area (Å²) >= 11 is 3.64. The van der Waals surface area contributed by atoms with Crippen molar-refractivity contribution in [1.29, 1.82) is 0 Å². The van der Waals surface area contributed by atoms with Gasteiger partial charge in [0.2, 0.25) is 0 Å². The Kier molecular flexibility index (Phi) is 92.6. The van der Waals surface area contributed by atoms with Crippen LogP contribution in [0.4, 0.5) is 0 Å². The van der Waals surface area contributed by atoms with E-state index in [0.717, 1.165) is 0 Å². The van der Waals surface area contributed by atoms with Gasteiger partial charge in [-0.15, -0.1) is 0 Å². The Morgan fingerprint density at radius 3 is 1.50 bits per heavy atom. The molecule has 1 N–H and O–H groups in total. The van der Waals surface area contributed by atoms with Crippen LogP contribution in [0.1, 0.15) is 1.43 Å². The van der Waals surface area contributed by atoms with Crippen molar-refractivity contribution in [3.63, 3.8) is 0 Å². The molecule has 0 atom stereocenters. The Balaban J connectivity index is -0.00000000167. The third kappa shape index (κ3) is 9.23. The first-order valence-corrected chi connectivity index (χ1v) is 0.507. The second kappa shape index (κ2) is 21.6. The molecule has 0 spiro atoms. The van der Waals surface area contributed by atoms with E-state index in [1.807, 2.05) is 0 Å². The molecule has 0 amide bonds. The van der Waals surface area contributed by atoms with E-state index in [4.69, 9.17) is 4.66 Å². The molecule has 0 saturated heterocycles. The molecule has 0 aliphatic rings. The quantitative estimate of drug-likeness (QED) is 0.353. The maximum Gasteiger partial charge on any atom is 1.00 e. The van der Waals surface area contributed by atoms with Gasteiger partial charge >= 0.3 is 29.6 Å². The third-order valence-electron chi connectivity index (χ3n) is 0. The summed E-state index contributed by atoms with van der Waals surface area (Å²) in [6, 6.07) is 0. The zero-order chi connectivity index (χ0) is 2.00. The predicted molar refractivity (Wildman–Crippen MR) is 9.18 cm³/mol. The van der Waals surface area contributed by atoms with Crippen molar-refractivity contribution in [2.75, 3.05) is 0 Å². The zero-order valence-corrected chi connectivity index (χ0v) is 6.14. The molecule has 23 valence electrons. The number of rotatable bonds is 0. The van der Waals surface area contributed by atoms with Crippen molar-refractivity contribution < 1.29 is 52.7 Å². The van der Waals surface area contributed by atoms with E-state index in [9.17, 15) is 0 Å². The molecule has 0 saturated carbocycles. The maximum absolute atomic E-state index is 6.47. The van der Waals surface area contributed by atoms with E-state index < -0.39 is 0 Å². The van der Waals surface area contributed by atoms with Crippen LogP contribution in [0.5, 0.6) is 0 Å². The molecule has 0 aliphatic carbocycles. The molecule has 1 radical (unpaired) electrons. The molecule has 0 rings (SSSR count). The van der Waals surface area contributed by atoms with Crippen LogP contribution in [0.3, 0.4) is 0 Å². The Bertz CT molecular complexity index is 11.6. The SMILES string of the molecule is OCl.[H-].[Mn].[Na+]. The summed E-state index contributed by atoms with van der Waals surface area (Å²) in [5.41, 5.74) is 0. The summed E-state index contributed by atoms with van der Waals surface area (Å²) in [7, 11) is 0. The van der Waals surface area contributed by atoms with Gasteiger partial charge in [0, 0.05) is 17.1 Å². The molecule has 1 nitrogen and oxygen atoms in total. The molecule has 4 heteroatoms. The minimum Gasteiger partial charge on any atom is -1.00 e. The third-order valence-corrected chi connectivity index (χ3v) is 0. The van der Waals surface area contributed by atoms with E-state index in [-0.39, 0.29) is 48.1 Å². The molecule has 0 fully saturated rings. The Labute approximate surface area is 64.1 Å². The van der Waals surface area contributed by atoms with Gasteiger partial charge in [0.15, 0.2) is 0 Å². The van der Waals surface area contributed by atoms with Crippen molar-refractivity contribution in [2.24, 2.45) is 0 Å². The van der Waals surface area contributed by atoms with Crippen LogP contribution >= 0.6 is 11.9 Å². The van der Waals surface area contributed by atoms with Crippen molar-refractivity contribution in [3.05, 3.63) is 0 Å². The first kappa shape index (κ1) is 17.1. The molecular formula is H2ClMnNaO. The van der Waals surface area contributed by atoms with E-state index in [1.165, 1.54) is 0 Å². The predicted octanol–water partition coefficient (Wildman–Crippen LogP) is -2.75. The first-order chi connectivity index (χ1) is 1.00. The molecule has 0 aromatic heterocycles. The van der Waals surface area contributed by atoms with Crippen LogP contribution < -0.4 is 29.6 Å². The number of hydrogen-bond donors (Lipinski definition) is 1. The van der Waals surface area contributed by atoms with Gasteiger partial charge in [-0.25, -0.2) is 0 Å².